The molecule has 2 heterocycles. The van der Waals surface area contributed by atoms with E-state index < -0.39 is 96.9 Å². The lowest BCUT2D eigenvalue weighted by molar-refractivity contribution is -0.173. The predicted molar refractivity (Wildman–Crippen MR) is 296 cm³/mol. The van der Waals surface area contributed by atoms with E-state index in [2.05, 4.69) is 9.44 Å². The summed E-state index contributed by atoms with van der Waals surface area (Å²) in [4.78, 5) is 64.7. The van der Waals surface area contributed by atoms with Crippen LogP contribution in [0, 0.1) is 22.7 Å². The fraction of sp³-hybridized carbons (Fsp3) is 0.509. The number of nitrogens with zero attached hydrogens (tertiary/aromatic N) is 2. The third kappa shape index (κ3) is 12.4. The van der Waals surface area contributed by atoms with Crippen molar-refractivity contribution in [3.63, 3.8) is 0 Å². The van der Waals surface area contributed by atoms with E-state index in [1.807, 2.05) is 74.5 Å². The van der Waals surface area contributed by atoms with E-state index in [-0.39, 0.29) is 68.2 Å². The maximum Gasteiger partial charge on any atom is 0.314 e. The zero-order valence-corrected chi connectivity index (χ0v) is 47.6. The maximum atomic E-state index is 15.8. The van der Waals surface area contributed by atoms with Gasteiger partial charge in [-0.25, -0.2) is 26.3 Å². The number of likely N-dealkylation sites (tertiary alicyclic amines) is 2. The van der Waals surface area contributed by atoms with Crippen LogP contribution < -0.4 is 9.44 Å². The van der Waals surface area contributed by atoms with Gasteiger partial charge in [0.05, 0.1) is 46.8 Å². The average Bonchev–Trinajstić information content (AvgIpc) is 4.25. The Morgan fingerprint density at radius 2 is 0.987 bits per heavy atom. The van der Waals surface area contributed by atoms with Crippen LogP contribution in [0.3, 0.4) is 0 Å². The Kier molecular flexibility index (Phi) is 17.1. The third-order valence-electron chi connectivity index (χ3n) is 16.9. The molecular weight excluding hydrogens is 1090 g/mol. The predicted octanol–water partition coefficient (Wildman–Crippen LogP) is 11.3. The highest BCUT2D eigenvalue weighted by molar-refractivity contribution is 7.90. The number of rotatable bonds is 22. The number of amides is 2. The van der Waals surface area contributed by atoms with E-state index in [1.54, 1.807) is 53.1 Å². The molecule has 5 aliphatic rings. The van der Waals surface area contributed by atoms with Gasteiger partial charge in [-0.1, -0.05) is 109 Å². The molecule has 4 aromatic rings. The van der Waals surface area contributed by atoms with E-state index >= 15 is 9.59 Å². The molecule has 8 unspecified atom stereocenters. The summed E-state index contributed by atoms with van der Waals surface area (Å²) in [5, 5.41) is 1.46. The fourth-order valence-electron chi connectivity index (χ4n) is 12.2. The van der Waals surface area contributed by atoms with Gasteiger partial charge in [0.25, 0.3) is 0 Å². The number of esters is 2. The van der Waals surface area contributed by atoms with Crippen molar-refractivity contribution in [1.82, 2.24) is 19.2 Å². The minimum Gasteiger partial charge on any atom is -0.393 e. The molecule has 8 atom stereocenters. The zero-order valence-electron chi connectivity index (χ0n) is 42.9. The number of piperidine rings is 2. The van der Waals surface area contributed by atoms with Gasteiger partial charge in [0.2, 0.25) is 31.9 Å². The first kappa shape index (κ1) is 56.7. The Morgan fingerprint density at radius 1 is 0.579 bits per heavy atom. The molecule has 13 nitrogen and oxygen atoms in total. The molecule has 4 aromatic carbocycles. The summed E-state index contributed by atoms with van der Waals surface area (Å²) in [6.45, 7) is 5.14. The van der Waals surface area contributed by atoms with Gasteiger partial charge in [0, 0.05) is 57.1 Å². The van der Waals surface area contributed by atoms with Gasteiger partial charge in [0.1, 0.15) is 0 Å². The van der Waals surface area contributed by atoms with Crippen molar-refractivity contribution in [3.05, 3.63) is 139 Å². The molecule has 0 aromatic heterocycles. The largest absolute Gasteiger partial charge is 0.393 e. The van der Waals surface area contributed by atoms with Gasteiger partial charge in [-0.05, 0) is 154 Å². The number of ether oxygens (including phenoxy) is 1. The summed E-state index contributed by atoms with van der Waals surface area (Å²) in [5.74, 6) is -3.75. The second-order valence-electron chi connectivity index (χ2n) is 21.8. The van der Waals surface area contributed by atoms with Crippen molar-refractivity contribution < 1.29 is 40.8 Å². The summed E-state index contributed by atoms with van der Waals surface area (Å²) in [5.41, 5.74) is 0.295. The molecule has 0 spiro atoms. The summed E-state index contributed by atoms with van der Waals surface area (Å²) in [6, 6.07) is 26.8. The SMILES string of the molecule is CCC1(CC(=O)OC(=O)CC2(CC)CC(c3cccc(Cl)c3)C(c3ccc(Cl)cc3)N(C(CNS(=O)(=O)C3CC3)C3CC3)C2=O)CC(c2cccc(Cl)c2)C(c2ccc(Cl)cc2)N(C(CNS(=O)(=O)CC)C2CC2)C1=O. The van der Waals surface area contributed by atoms with Crippen LogP contribution in [0.4, 0.5) is 0 Å². The number of hydrogen-bond acceptors (Lipinski definition) is 9. The molecule has 408 valence electrons. The quantitative estimate of drug-likeness (QED) is 0.0573. The van der Waals surface area contributed by atoms with Crippen molar-refractivity contribution in [1.29, 1.82) is 0 Å². The molecule has 76 heavy (non-hydrogen) atoms. The van der Waals surface area contributed by atoms with Crippen LogP contribution in [0.25, 0.3) is 0 Å². The Bertz CT molecular complexity index is 3050. The van der Waals surface area contributed by atoms with Crippen LogP contribution in [0.2, 0.25) is 20.1 Å². The van der Waals surface area contributed by atoms with Crippen molar-refractivity contribution >= 4 is 90.2 Å². The summed E-state index contributed by atoms with van der Waals surface area (Å²) < 4.78 is 64.4. The minimum atomic E-state index is -3.69. The monoisotopic (exact) mass is 1150 g/mol. The third-order valence-corrected chi connectivity index (χ3v) is 21.1. The molecule has 0 bridgehead atoms. The Labute approximate surface area is 467 Å². The summed E-state index contributed by atoms with van der Waals surface area (Å²) in [6.07, 6.45) is 3.89. The minimum absolute atomic E-state index is 0.0182. The first-order valence-electron chi connectivity index (χ1n) is 26.6. The lowest BCUT2D eigenvalue weighted by atomic mass is 9.64. The van der Waals surface area contributed by atoms with Crippen molar-refractivity contribution in [3.8, 4) is 0 Å². The number of carbonyl (C=O) groups is 4. The van der Waals surface area contributed by atoms with Gasteiger partial charge in [0.15, 0.2) is 0 Å². The topological polar surface area (TPSA) is 176 Å². The highest BCUT2D eigenvalue weighted by Crippen LogP contribution is 2.57. The highest BCUT2D eigenvalue weighted by Gasteiger charge is 2.58. The molecule has 2 N–H and O–H groups in total. The summed E-state index contributed by atoms with van der Waals surface area (Å²) >= 11 is 26.2. The normalized spacial score (nSPS) is 26.0. The van der Waals surface area contributed by atoms with Crippen molar-refractivity contribution in [2.75, 3.05) is 18.8 Å². The molecule has 3 saturated carbocycles. The lowest BCUT2D eigenvalue weighted by Crippen LogP contribution is -2.60. The van der Waals surface area contributed by atoms with Crippen LogP contribution in [-0.4, -0.2) is 86.6 Å². The molecule has 0 radical (unpaired) electrons. The van der Waals surface area contributed by atoms with Gasteiger partial charge in [-0.15, -0.1) is 0 Å². The molecule has 9 rings (SSSR count). The second kappa shape index (κ2) is 23.0. The fourth-order valence-corrected chi connectivity index (χ4v) is 14.8. The first-order valence-corrected chi connectivity index (χ1v) is 31.3. The second-order valence-corrected chi connectivity index (χ2v) is 27.7. The van der Waals surface area contributed by atoms with E-state index in [9.17, 15) is 26.4 Å². The van der Waals surface area contributed by atoms with Crippen LogP contribution in [0.5, 0.6) is 0 Å². The summed E-state index contributed by atoms with van der Waals surface area (Å²) in [7, 11) is -7.34. The average molecular weight is 1160 g/mol. The van der Waals surface area contributed by atoms with Gasteiger partial charge < -0.3 is 14.5 Å². The van der Waals surface area contributed by atoms with E-state index in [0.717, 1.165) is 47.9 Å². The van der Waals surface area contributed by atoms with Gasteiger partial charge in [-0.2, -0.15) is 0 Å². The van der Waals surface area contributed by atoms with E-state index in [4.69, 9.17) is 51.1 Å². The molecule has 5 fully saturated rings. The Balaban J connectivity index is 1.06. The number of halogens is 4. The number of hydrogen-bond donors (Lipinski definition) is 2. The van der Waals surface area contributed by atoms with Crippen molar-refractivity contribution in [2.24, 2.45) is 22.7 Å². The van der Waals surface area contributed by atoms with Crippen LogP contribution >= 0.6 is 46.4 Å². The highest BCUT2D eigenvalue weighted by atomic mass is 35.5. The standard InChI is InChI=1S/C57H66Cl4N4O9S2/c1-4-56(29-46(39-9-7-11-43(60)27-39)52(37-17-21-41(58)22-18-37)64(54(56)68)48(35-13-14-35)33-62-75(70,71)6-3)31-50(66)74-51(67)32-57(5-2)30-47(40-10-8-12-44(61)28-40)53(38-19-23-42(59)24-20-38)65(55(57)69)49(36-15-16-36)34-63-76(72,73)45-25-26-45/h7-12,17-24,27-28,35-36,45-49,52-53,62-63H,4-6,13-16,25-26,29-34H2,1-3H3. The van der Waals surface area contributed by atoms with Gasteiger partial charge in [-0.3, -0.25) is 19.2 Å². The van der Waals surface area contributed by atoms with E-state index in [0.29, 0.717) is 32.9 Å². The molecular formula is C57H66Cl4N4O9S2. The lowest BCUT2D eigenvalue weighted by Gasteiger charge is -2.53. The van der Waals surface area contributed by atoms with Crippen molar-refractivity contribution in [2.45, 2.75) is 139 Å². The van der Waals surface area contributed by atoms with Crippen LogP contribution in [-0.2, 0) is 44.0 Å². The Morgan fingerprint density at radius 3 is 1.34 bits per heavy atom. The van der Waals surface area contributed by atoms with E-state index in [1.165, 1.54) is 0 Å². The molecule has 3 aliphatic carbocycles. The number of carbonyl (C=O) groups excluding carboxylic acids is 4. The first-order chi connectivity index (χ1) is 36.2. The zero-order chi connectivity index (χ0) is 54.3. The van der Waals surface area contributed by atoms with Crippen LogP contribution in [0.1, 0.15) is 144 Å². The maximum absolute atomic E-state index is 15.8. The number of nitrogens with one attached hydrogen (secondary N) is 2. The number of benzene rings is 4. The molecule has 2 saturated heterocycles. The molecule has 19 heteroatoms. The smallest absolute Gasteiger partial charge is 0.314 e. The number of sulfonamides is 2. The molecule has 2 amide bonds. The Hall–Kier alpha value is -4.06. The van der Waals surface area contributed by atoms with Crippen LogP contribution in [0.15, 0.2) is 97.1 Å². The molecule has 2 aliphatic heterocycles. The van der Waals surface area contributed by atoms with Gasteiger partial charge >= 0.3 is 11.9 Å².